The molecule has 3 heterocycles. The van der Waals surface area contributed by atoms with Gasteiger partial charge in [-0.15, -0.1) is 11.3 Å². The van der Waals surface area contributed by atoms with E-state index in [1.54, 1.807) is 11.3 Å². The van der Waals surface area contributed by atoms with Crippen molar-refractivity contribution in [1.29, 1.82) is 0 Å². The molecule has 2 aliphatic rings. The Balaban J connectivity index is 1.47. The van der Waals surface area contributed by atoms with Gasteiger partial charge in [0.05, 0.1) is 0 Å². The summed E-state index contributed by atoms with van der Waals surface area (Å²) in [6.45, 7) is 5.50. The van der Waals surface area contributed by atoms with Crippen molar-refractivity contribution in [3.8, 4) is 0 Å². The van der Waals surface area contributed by atoms with Crippen LogP contribution >= 0.6 is 11.3 Å². The Bertz CT molecular complexity index is 448. The van der Waals surface area contributed by atoms with Gasteiger partial charge in [-0.05, 0) is 56.1 Å². The number of hydrogen-bond acceptors (Lipinski definition) is 4. The SMILES string of the molecule is NC(C(=O)N1CCC(CN2CCCC2)CC1)c1cccs1. The van der Waals surface area contributed by atoms with E-state index in [1.165, 1.54) is 32.5 Å². The van der Waals surface area contributed by atoms with E-state index in [2.05, 4.69) is 4.90 Å². The van der Waals surface area contributed by atoms with Crippen LogP contribution in [0.4, 0.5) is 0 Å². The first kappa shape index (κ1) is 15.0. The highest BCUT2D eigenvalue weighted by Gasteiger charge is 2.28. The highest BCUT2D eigenvalue weighted by molar-refractivity contribution is 7.10. The zero-order chi connectivity index (χ0) is 14.7. The number of rotatable bonds is 4. The first-order chi connectivity index (χ1) is 10.2. The van der Waals surface area contributed by atoms with Crippen LogP contribution in [0.1, 0.15) is 36.6 Å². The Morgan fingerprint density at radius 3 is 2.62 bits per heavy atom. The minimum absolute atomic E-state index is 0.0945. The second kappa shape index (κ2) is 6.90. The smallest absolute Gasteiger partial charge is 0.244 e. The number of piperidine rings is 1. The predicted molar refractivity (Wildman–Crippen MR) is 86.2 cm³/mol. The van der Waals surface area contributed by atoms with Crippen molar-refractivity contribution >= 4 is 17.2 Å². The third-order valence-electron chi connectivity index (χ3n) is 4.76. The number of nitrogens with zero attached hydrogens (tertiary/aromatic N) is 2. The quantitative estimate of drug-likeness (QED) is 0.926. The molecule has 2 saturated heterocycles. The van der Waals surface area contributed by atoms with Gasteiger partial charge in [0.1, 0.15) is 6.04 Å². The van der Waals surface area contributed by atoms with E-state index < -0.39 is 6.04 Å². The van der Waals surface area contributed by atoms with Gasteiger partial charge >= 0.3 is 0 Å². The maximum absolute atomic E-state index is 12.4. The average molecular weight is 307 g/mol. The van der Waals surface area contributed by atoms with Gasteiger partial charge in [0, 0.05) is 24.5 Å². The molecule has 0 spiro atoms. The zero-order valence-electron chi connectivity index (χ0n) is 12.5. The number of amides is 1. The average Bonchev–Trinajstić information content (AvgIpc) is 3.20. The van der Waals surface area contributed by atoms with Crippen molar-refractivity contribution in [1.82, 2.24) is 9.80 Å². The van der Waals surface area contributed by atoms with Gasteiger partial charge in [0.2, 0.25) is 5.91 Å². The lowest BCUT2D eigenvalue weighted by molar-refractivity contribution is -0.134. The second-order valence-corrected chi connectivity index (χ2v) is 7.25. The Morgan fingerprint density at radius 2 is 2.00 bits per heavy atom. The summed E-state index contributed by atoms with van der Waals surface area (Å²) in [6, 6.07) is 3.43. The first-order valence-electron chi connectivity index (χ1n) is 8.04. The summed E-state index contributed by atoms with van der Waals surface area (Å²) in [5.74, 6) is 0.849. The van der Waals surface area contributed by atoms with Crippen molar-refractivity contribution in [2.75, 3.05) is 32.7 Å². The monoisotopic (exact) mass is 307 g/mol. The van der Waals surface area contributed by atoms with E-state index in [4.69, 9.17) is 5.73 Å². The normalized spacial score (nSPS) is 22.6. The number of carbonyl (C=O) groups excluding carboxylic acids is 1. The van der Waals surface area contributed by atoms with Crippen LogP contribution in [0.2, 0.25) is 0 Å². The summed E-state index contributed by atoms with van der Waals surface area (Å²) in [5.41, 5.74) is 6.09. The van der Waals surface area contributed by atoms with E-state index in [1.807, 2.05) is 22.4 Å². The molecule has 2 N–H and O–H groups in total. The lowest BCUT2D eigenvalue weighted by Crippen LogP contribution is -2.44. The lowest BCUT2D eigenvalue weighted by Gasteiger charge is -2.35. The fourth-order valence-electron chi connectivity index (χ4n) is 3.45. The van der Waals surface area contributed by atoms with Gasteiger partial charge in [-0.25, -0.2) is 0 Å². The molecule has 2 fully saturated rings. The van der Waals surface area contributed by atoms with E-state index in [9.17, 15) is 4.79 Å². The molecule has 2 aliphatic heterocycles. The molecular formula is C16H25N3OS. The van der Waals surface area contributed by atoms with Gasteiger partial charge in [0.15, 0.2) is 0 Å². The van der Waals surface area contributed by atoms with Crippen LogP contribution in [-0.2, 0) is 4.79 Å². The maximum Gasteiger partial charge on any atom is 0.244 e. The van der Waals surface area contributed by atoms with Crippen LogP contribution in [-0.4, -0.2) is 48.4 Å². The molecule has 0 aliphatic carbocycles. The van der Waals surface area contributed by atoms with Gasteiger partial charge in [-0.3, -0.25) is 4.79 Å². The zero-order valence-corrected chi connectivity index (χ0v) is 13.4. The van der Waals surface area contributed by atoms with E-state index in [0.29, 0.717) is 0 Å². The molecule has 1 aromatic heterocycles. The molecule has 0 aromatic carbocycles. The number of thiophene rings is 1. The second-order valence-electron chi connectivity index (χ2n) is 6.27. The molecule has 1 amide bonds. The number of hydrogen-bond donors (Lipinski definition) is 1. The van der Waals surface area contributed by atoms with Gasteiger partial charge < -0.3 is 15.5 Å². The minimum atomic E-state index is -0.472. The summed E-state index contributed by atoms with van der Waals surface area (Å²) in [7, 11) is 0. The van der Waals surface area contributed by atoms with Crippen molar-refractivity contribution in [3.63, 3.8) is 0 Å². The fraction of sp³-hybridized carbons (Fsp3) is 0.688. The summed E-state index contributed by atoms with van der Waals surface area (Å²) >= 11 is 1.57. The van der Waals surface area contributed by atoms with Gasteiger partial charge in [0.25, 0.3) is 0 Å². The molecule has 4 nitrogen and oxygen atoms in total. The molecule has 0 bridgehead atoms. The summed E-state index contributed by atoms with van der Waals surface area (Å²) in [5, 5.41) is 1.98. The first-order valence-corrected chi connectivity index (χ1v) is 8.92. The Morgan fingerprint density at radius 1 is 1.29 bits per heavy atom. The molecule has 1 atom stereocenters. The standard InChI is InChI=1S/C16H25N3OS/c17-15(14-4-3-11-21-14)16(20)19-9-5-13(6-10-19)12-18-7-1-2-8-18/h3-4,11,13,15H,1-2,5-10,12,17H2. The van der Waals surface area contributed by atoms with Crippen molar-refractivity contribution in [2.24, 2.45) is 11.7 Å². The summed E-state index contributed by atoms with van der Waals surface area (Å²) in [4.78, 5) is 18.0. The van der Waals surface area contributed by atoms with E-state index in [0.717, 1.165) is 36.7 Å². The topological polar surface area (TPSA) is 49.6 Å². The fourth-order valence-corrected chi connectivity index (χ4v) is 4.17. The number of likely N-dealkylation sites (tertiary alicyclic amines) is 2. The molecular weight excluding hydrogens is 282 g/mol. The molecule has 3 rings (SSSR count). The van der Waals surface area contributed by atoms with Crippen LogP contribution < -0.4 is 5.73 Å². The largest absolute Gasteiger partial charge is 0.341 e. The third kappa shape index (κ3) is 3.65. The molecule has 0 saturated carbocycles. The number of carbonyl (C=O) groups is 1. The summed E-state index contributed by atoms with van der Waals surface area (Å²) in [6.07, 6.45) is 4.96. The van der Waals surface area contributed by atoms with E-state index >= 15 is 0 Å². The predicted octanol–water partition coefficient (Wildman–Crippen LogP) is 2.08. The molecule has 0 radical (unpaired) electrons. The highest BCUT2D eigenvalue weighted by atomic mass is 32.1. The van der Waals surface area contributed by atoms with Crippen LogP contribution in [0, 0.1) is 5.92 Å². The van der Waals surface area contributed by atoms with Crippen LogP contribution in [0.5, 0.6) is 0 Å². The van der Waals surface area contributed by atoms with Crippen molar-refractivity contribution < 1.29 is 4.79 Å². The Hall–Kier alpha value is -0.910. The molecule has 1 aromatic rings. The molecule has 5 heteroatoms. The van der Waals surface area contributed by atoms with Crippen molar-refractivity contribution in [2.45, 2.75) is 31.7 Å². The number of nitrogens with two attached hydrogens (primary N) is 1. The van der Waals surface area contributed by atoms with Crippen molar-refractivity contribution in [3.05, 3.63) is 22.4 Å². The van der Waals surface area contributed by atoms with E-state index in [-0.39, 0.29) is 5.91 Å². The summed E-state index contributed by atoms with van der Waals surface area (Å²) < 4.78 is 0. The molecule has 116 valence electrons. The van der Waals surface area contributed by atoms with Crippen LogP contribution in [0.3, 0.4) is 0 Å². The molecule has 1 unspecified atom stereocenters. The Labute approximate surface area is 130 Å². The van der Waals surface area contributed by atoms with Gasteiger partial charge in [-0.2, -0.15) is 0 Å². The molecule has 21 heavy (non-hydrogen) atoms. The third-order valence-corrected chi connectivity index (χ3v) is 5.71. The van der Waals surface area contributed by atoms with Crippen LogP contribution in [0.25, 0.3) is 0 Å². The lowest BCUT2D eigenvalue weighted by atomic mass is 9.95. The highest BCUT2D eigenvalue weighted by Crippen LogP contribution is 2.24. The maximum atomic E-state index is 12.4. The minimum Gasteiger partial charge on any atom is -0.341 e. The Kier molecular flexibility index (Phi) is 4.93. The van der Waals surface area contributed by atoms with Gasteiger partial charge in [-0.1, -0.05) is 6.07 Å². The van der Waals surface area contributed by atoms with Crippen LogP contribution in [0.15, 0.2) is 17.5 Å².